The summed E-state index contributed by atoms with van der Waals surface area (Å²) in [4.78, 5) is 27.6. The number of likely N-dealkylation sites (N-methyl/N-ethyl adjacent to an activating group) is 1. The van der Waals surface area contributed by atoms with E-state index in [0.29, 0.717) is 19.5 Å². The molecule has 2 aromatic heterocycles. The molecule has 0 atom stereocenters. The van der Waals surface area contributed by atoms with E-state index in [9.17, 15) is 4.79 Å². The largest absolute Gasteiger partial charge is 0.359 e. The maximum atomic E-state index is 12.2. The van der Waals surface area contributed by atoms with Crippen LogP contribution in [0.15, 0.2) is 42.7 Å². The quantitative estimate of drug-likeness (QED) is 0.552. The van der Waals surface area contributed by atoms with E-state index in [1.807, 2.05) is 30.1 Å². The first-order valence-electron chi connectivity index (χ1n) is 10.1. The summed E-state index contributed by atoms with van der Waals surface area (Å²) in [5.74, 6) is 0.939. The molecule has 0 aliphatic rings. The third-order valence-electron chi connectivity index (χ3n) is 5.05. The van der Waals surface area contributed by atoms with Gasteiger partial charge in [0.25, 0.3) is 0 Å². The summed E-state index contributed by atoms with van der Waals surface area (Å²) in [6.07, 6.45) is 2.04. The van der Waals surface area contributed by atoms with Crippen LogP contribution in [0.25, 0.3) is 20.7 Å². The Labute approximate surface area is 176 Å². The van der Waals surface area contributed by atoms with Crippen LogP contribution in [0.4, 0.5) is 5.82 Å². The molecule has 154 valence electrons. The number of carbonyl (C=O) groups is 1. The van der Waals surface area contributed by atoms with E-state index in [2.05, 4.69) is 52.2 Å². The van der Waals surface area contributed by atoms with Gasteiger partial charge in [0.2, 0.25) is 5.91 Å². The average Bonchev–Trinajstić information content (AvgIpc) is 3.20. The highest BCUT2D eigenvalue weighted by Crippen LogP contribution is 2.35. The molecule has 1 N–H and O–H groups in total. The Kier molecular flexibility index (Phi) is 7.55. The van der Waals surface area contributed by atoms with Gasteiger partial charge < -0.3 is 15.1 Å². The van der Waals surface area contributed by atoms with E-state index in [1.165, 1.54) is 10.4 Å². The highest BCUT2D eigenvalue weighted by atomic mass is 32.1. The molecule has 0 bridgehead atoms. The number of benzene rings is 1. The highest BCUT2D eigenvalue weighted by molar-refractivity contribution is 7.21. The maximum Gasteiger partial charge on any atom is 0.221 e. The number of amides is 1. The molecule has 6 nitrogen and oxygen atoms in total. The molecule has 0 fully saturated rings. The number of hydrogen-bond acceptors (Lipinski definition) is 6. The molecule has 0 aliphatic carbocycles. The second-order valence-electron chi connectivity index (χ2n) is 6.94. The van der Waals surface area contributed by atoms with Gasteiger partial charge >= 0.3 is 0 Å². The summed E-state index contributed by atoms with van der Waals surface area (Å²) >= 11 is 1.66. The van der Waals surface area contributed by atoms with Gasteiger partial charge in [-0.05, 0) is 24.7 Å². The number of fused-ring (bicyclic) bond motifs is 1. The van der Waals surface area contributed by atoms with Gasteiger partial charge in [-0.1, -0.05) is 44.2 Å². The topological polar surface area (TPSA) is 61.4 Å². The third-order valence-corrected chi connectivity index (χ3v) is 6.14. The number of thiophene rings is 1. The van der Waals surface area contributed by atoms with Crippen molar-refractivity contribution in [3.05, 3.63) is 42.7 Å². The fourth-order valence-electron chi connectivity index (χ4n) is 3.25. The molecule has 1 amide bonds. The molecule has 0 radical (unpaired) electrons. The Morgan fingerprint density at radius 2 is 1.86 bits per heavy atom. The average molecular weight is 412 g/mol. The minimum Gasteiger partial charge on any atom is -0.359 e. The minimum atomic E-state index is 0.0737. The summed E-state index contributed by atoms with van der Waals surface area (Å²) < 4.78 is 0. The van der Waals surface area contributed by atoms with Gasteiger partial charge in [-0.2, -0.15) is 0 Å². The maximum absolute atomic E-state index is 12.2. The first-order chi connectivity index (χ1) is 14.1. The molecule has 0 unspecified atom stereocenters. The Hall–Kier alpha value is -2.51. The molecule has 29 heavy (non-hydrogen) atoms. The van der Waals surface area contributed by atoms with Crippen LogP contribution in [0.5, 0.6) is 0 Å². The molecule has 0 saturated carbocycles. The van der Waals surface area contributed by atoms with Crippen LogP contribution in [0.3, 0.4) is 0 Å². The zero-order chi connectivity index (χ0) is 20.6. The number of hydrogen-bond donors (Lipinski definition) is 1. The number of aromatic nitrogens is 2. The molecule has 2 heterocycles. The SMILES string of the molecule is CCN(CC)CCNC(=O)CCN(C)c1ncnc2sc(-c3ccccc3)cc12. The third kappa shape index (κ3) is 5.52. The standard InChI is InChI=1S/C22H29N5OS/c1-4-27(5-2)14-12-23-20(28)11-13-26(3)21-18-15-19(17-9-7-6-8-10-17)29-22(18)25-16-24-21/h6-10,15-16H,4-5,11-14H2,1-3H3,(H,23,28). The predicted molar refractivity (Wildman–Crippen MR) is 122 cm³/mol. The number of carbonyl (C=O) groups excluding carboxylic acids is 1. The molecule has 0 aliphatic heterocycles. The number of rotatable bonds is 10. The molecule has 0 saturated heterocycles. The molecular weight excluding hydrogens is 382 g/mol. The van der Waals surface area contributed by atoms with Gasteiger partial charge in [0, 0.05) is 38.0 Å². The first kappa shape index (κ1) is 21.2. The molecular formula is C22H29N5OS. The Morgan fingerprint density at radius 1 is 1.10 bits per heavy atom. The van der Waals surface area contributed by atoms with Crippen molar-refractivity contribution in [3.63, 3.8) is 0 Å². The predicted octanol–water partition coefficient (Wildman–Crippen LogP) is 3.64. The van der Waals surface area contributed by atoms with Crippen LogP contribution in [-0.2, 0) is 4.79 Å². The van der Waals surface area contributed by atoms with Gasteiger partial charge in [0.05, 0.1) is 5.39 Å². The Balaban J connectivity index is 1.61. The van der Waals surface area contributed by atoms with Crippen molar-refractivity contribution in [2.75, 3.05) is 44.7 Å². The van der Waals surface area contributed by atoms with Gasteiger partial charge in [-0.15, -0.1) is 11.3 Å². The summed E-state index contributed by atoms with van der Waals surface area (Å²) in [5.41, 5.74) is 1.18. The number of anilines is 1. The normalized spacial score (nSPS) is 11.2. The lowest BCUT2D eigenvalue weighted by Crippen LogP contribution is -2.36. The summed E-state index contributed by atoms with van der Waals surface area (Å²) in [7, 11) is 1.98. The fourth-order valence-corrected chi connectivity index (χ4v) is 4.25. The van der Waals surface area contributed by atoms with E-state index in [-0.39, 0.29) is 5.91 Å². The molecule has 3 rings (SSSR count). The lowest BCUT2D eigenvalue weighted by atomic mass is 10.2. The van der Waals surface area contributed by atoms with Crippen molar-refractivity contribution in [2.45, 2.75) is 20.3 Å². The number of nitrogens with one attached hydrogen (secondary N) is 1. The smallest absolute Gasteiger partial charge is 0.221 e. The Morgan fingerprint density at radius 3 is 2.59 bits per heavy atom. The summed E-state index contributed by atoms with van der Waals surface area (Å²) in [5, 5.41) is 4.04. The highest BCUT2D eigenvalue weighted by Gasteiger charge is 2.14. The molecule has 1 aromatic carbocycles. The van der Waals surface area contributed by atoms with Crippen molar-refractivity contribution in [2.24, 2.45) is 0 Å². The van der Waals surface area contributed by atoms with E-state index in [0.717, 1.165) is 35.7 Å². The van der Waals surface area contributed by atoms with Gasteiger partial charge in [0.15, 0.2) is 0 Å². The van der Waals surface area contributed by atoms with Crippen molar-refractivity contribution < 1.29 is 4.79 Å². The lowest BCUT2D eigenvalue weighted by Gasteiger charge is -2.20. The van der Waals surface area contributed by atoms with Gasteiger partial charge in [-0.3, -0.25) is 4.79 Å². The van der Waals surface area contributed by atoms with Crippen molar-refractivity contribution in [1.82, 2.24) is 20.2 Å². The van der Waals surface area contributed by atoms with Crippen molar-refractivity contribution >= 4 is 33.3 Å². The monoisotopic (exact) mass is 411 g/mol. The van der Waals surface area contributed by atoms with E-state index < -0.39 is 0 Å². The van der Waals surface area contributed by atoms with Crippen LogP contribution in [0.2, 0.25) is 0 Å². The molecule has 0 spiro atoms. The minimum absolute atomic E-state index is 0.0737. The first-order valence-corrected chi connectivity index (χ1v) is 10.9. The number of nitrogens with zero attached hydrogens (tertiary/aromatic N) is 4. The summed E-state index contributed by atoms with van der Waals surface area (Å²) in [6, 6.07) is 12.4. The van der Waals surface area contributed by atoms with Crippen molar-refractivity contribution in [1.29, 1.82) is 0 Å². The lowest BCUT2D eigenvalue weighted by molar-refractivity contribution is -0.120. The van der Waals surface area contributed by atoms with Crippen LogP contribution in [-0.4, -0.2) is 60.5 Å². The zero-order valence-corrected chi connectivity index (χ0v) is 18.2. The van der Waals surface area contributed by atoms with Crippen molar-refractivity contribution in [3.8, 4) is 10.4 Å². The zero-order valence-electron chi connectivity index (χ0n) is 17.4. The Bertz CT molecular complexity index is 923. The van der Waals surface area contributed by atoms with Crippen LogP contribution in [0.1, 0.15) is 20.3 Å². The van der Waals surface area contributed by atoms with E-state index in [4.69, 9.17) is 0 Å². The molecule has 7 heteroatoms. The van der Waals surface area contributed by atoms with E-state index >= 15 is 0 Å². The fraction of sp³-hybridized carbons (Fsp3) is 0.409. The van der Waals surface area contributed by atoms with Crippen LogP contribution in [0, 0.1) is 0 Å². The van der Waals surface area contributed by atoms with Crippen LogP contribution >= 0.6 is 11.3 Å². The summed E-state index contributed by atoms with van der Waals surface area (Å²) in [6.45, 7) is 8.46. The van der Waals surface area contributed by atoms with Gasteiger partial charge in [0.1, 0.15) is 17.0 Å². The second-order valence-corrected chi connectivity index (χ2v) is 7.97. The molecule has 3 aromatic rings. The van der Waals surface area contributed by atoms with Gasteiger partial charge in [-0.25, -0.2) is 9.97 Å². The van der Waals surface area contributed by atoms with Crippen LogP contribution < -0.4 is 10.2 Å². The van der Waals surface area contributed by atoms with E-state index in [1.54, 1.807) is 17.7 Å². The second kappa shape index (κ2) is 10.3.